The maximum Gasteiger partial charge on any atom is 0.191 e. The first-order valence-electron chi connectivity index (χ1n) is 10.7. The van der Waals surface area contributed by atoms with Crippen molar-refractivity contribution in [1.29, 1.82) is 0 Å². The summed E-state index contributed by atoms with van der Waals surface area (Å²) in [7, 11) is 0. The average molecular weight is 438 g/mol. The fourth-order valence-corrected chi connectivity index (χ4v) is 4.03. The van der Waals surface area contributed by atoms with E-state index in [2.05, 4.69) is 56.8 Å². The number of aliphatic imine (C=N–C) groups is 1. The summed E-state index contributed by atoms with van der Waals surface area (Å²) in [6.45, 7) is 6.00. The number of nitrogens with one attached hydrogen (secondary N) is 2. The van der Waals surface area contributed by atoms with E-state index in [0.717, 1.165) is 44.4 Å². The van der Waals surface area contributed by atoms with Gasteiger partial charge in [0.05, 0.1) is 18.1 Å². The molecule has 31 heavy (non-hydrogen) atoms. The summed E-state index contributed by atoms with van der Waals surface area (Å²) in [5.74, 6) is 1.68. The normalized spacial score (nSPS) is 16.5. The van der Waals surface area contributed by atoms with E-state index in [1.807, 2.05) is 29.1 Å². The summed E-state index contributed by atoms with van der Waals surface area (Å²) in [4.78, 5) is 11.5. The minimum Gasteiger partial charge on any atom is -0.357 e. The van der Waals surface area contributed by atoms with Crippen molar-refractivity contribution in [2.75, 3.05) is 24.5 Å². The quantitative estimate of drug-likeness (QED) is 0.438. The summed E-state index contributed by atoms with van der Waals surface area (Å²) in [6, 6.07) is 14.4. The van der Waals surface area contributed by atoms with Gasteiger partial charge in [0.1, 0.15) is 5.82 Å². The molecule has 8 heteroatoms. The number of hydrogen-bond donors (Lipinski definition) is 2. The van der Waals surface area contributed by atoms with Crippen LogP contribution in [0.15, 0.2) is 66.0 Å². The van der Waals surface area contributed by atoms with E-state index in [9.17, 15) is 0 Å². The third-order valence-corrected chi connectivity index (χ3v) is 5.62. The number of halogens is 1. The van der Waals surface area contributed by atoms with Crippen LogP contribution >= 0.6 is 11.6 Å². The molecule has 0 amide bonds. The van der Waals surface area contributed by atoms with Gasteiger partial charge in [-0.2, -0.15) is 5.10 Å². The number of pyridine rings is 1. The molecule has 162 valence electrons. The second kappa shape index (κ2) is 10.3. The smallest absolute Gasteiger partial charge is 0.191 e. The molecule has 1 fully saturated rings. The lowest BCUT2D eigenvalue weighted by Gasteiger charge is -2.20. The van der Waals surface area contributed by atoms with E-state index < -0.39 is 0 Å². The van der Waals surface area contributed by atoms with Gasteiger partial charge in [0, 0.05) is 44.3 Å². The molecular formula is C23H28ClN7. The van der Waals surface area contributed by atoms with Crippen LogP contribution in [0.5, 0.6) is 0 Å². The molecule has 0 bridgehead atoms. The predicted molar refractivity (Wildman–Crippen MR) is 126 cm³/mol. The molecule has 0 spiro atoms. The molecule has 4 rings (SSSR count). The van der Waals surface area contributed by atoms with Gasteiger partial charge in [-0.1, -0.05) is 35.9 Å². The van der Waals surface area contributed by atoms with Crippen molar-refractivity contribution in [2.24, 2.45) is 4.99 Å². The predicted octanol–water partition coefficient (Wildman–Crippen LogP) is 3.31. The first-order valence-corrected chi connectivity index (χ1v) is 11.0. The highest BCUT2D eigenvalue weighted by Gasteiger charge is 2.25. The van der Waals surface area contributed by atoms with Gasteiger partial charge in [-0.3, -0.25) is 4.68 Å². The molecule has 0 saturated carbocycles. The number of benzene rings is 1. The van der Waals surface area contributed by atoms with Crippen LogP contribution in [0.25, 0.3) is 0 Å². The van der Waals surface area contributed by atoms with Gasteiger partial charge in [0.25, 0.3) is 0 Å². The van der Waals surface area contributed by atoms with E-state index in [0.29, 0.717) is 11.6 Å². The molecule has 0 aliphatic carbocycles. The zero-order valence-electron chi connectivity index (χ0n) is 17.7. The molecule has 3 aromatic rings. The van der Waals surface area contributed by atoms with Gasteiger partial charge >= 0.3 is 0 Å². The molecule has 3 heterocycles. The topological polar surface area (TPSA) is 70.4 Å². The Hall–Kier alpha value is -3.06. The van der Waals surface area contributed by atoms with Crippen LogP contribution in [-0.4, -0.2) is 46.4 Å². The van der Waals surface area contributed by atoms with E-state index in [4.69, 9.17) is 16.6 Å². The van der Waals surface area contributed by atoms with Gasteiger partial charge in [-0.25, -0.2) is 9.98 Å². The Morgan fingerprint density at radius 1 is 1.16 bits per heavy atom. The highest BCUT2D eigenvalue weighted by Crippen LogP contribution is 2.25. The molecule has 1 unspecified atom stereocenters. The van der Waals surface area contributed by atoms with E-state index in [1.54, 1.807) is 12.4 Å². The number of guanidine groups is 1. The van der Waals surface area contributed by atoms with E-state index in [1.165, 1.54) is 11.1 Å². The maximum absolute atomic E-state index is 6.32. The van der Waals surface area contributed by atoms with Crippen LogP contribution < -0.4 is 15.5 Å². The molecular weight excluding hydrogens is 410 g/mol. The SMILES string of the molecule is CCNC(=NCc1ccccc1Cn1cccn1)NC1CCN(c2ncccc2Cl)C1. The van der Waals surface area contributed by atoms with Gasteiger partial charge < -0.3 is 15.5 Å². The van der Waals surface area contributed by atoms with Crippen molar-refractivity contribution < 1.29 is 0 Å². The van der Waals surface area contributed by atoms with E-state index in [-0.39, 0.29) is 6.04 Å². The Balaban J connectivity index is 1.41. The summed E-state index contributed by atoms with van der Waals surface area (Å²) in [6.07, 6.45) is 6.57. The Labute approximate surface area is 188 Å². The molecule has 1 aromatic carbocycles. The molecule has 2 N–H and O–H groups in total. The second-order valence-electron chi connectivity index (χ2n) is 7.55. The maximum atomic E-state index is 6.32. The first-order chi connectivity index (χ1) is 15.2. The summed E-state index contributed by atoms with van der Waals surface area (Å²) >= 11 is 6.32. The first kappa shape index (κ1) is 21.2. The largest absolute Gasteiger partial charge is 0.357 e. The number of rotatable bonds is 7. The minimum absolute atomic E-state index is 0.287. The highest BCUT2D eigenvalue weighted by molar-refractivity contribution is 6.32. The fourth-order valence-electron chi connectivity index (χ4n) is 3.79. The lowest BCUT2D eigenvalue weighted by molar-refractivity contribution is 0.648. The summed E-state index contributed by atoms with van der Waals surface area (Å²) in [5, 5.41) is 12.0. The van der Waals surface area contributed by atoms with E-state index >= 15 is 0 Å². The summed E-state index contributed by atoms with van der Waals surface area (Å²) in [5.41, 5.74) is 2.42. The van der Waals surface area contributed by atoms with Gasteiger partial charge in [0.15, 0.2) is 5.96 Å². The molecule has 0 radical (unpaired) electrons. The van der Waals surface area contributed by atoms with Crippen LogP contribution in [0.2, 0.25) is 5.02 Å². The highest BCUT2D eigenvalue weighted by atomic mass is 35.5. The molecule has 1 saturated heterocycles. The third-order valence-electron chi connectivity index (χ3n) is 5.33. The Morgan fingerprint density at radius 3 is 2.81 bits per heavy atom. The second-order valence-corrected chi connectivity index (χ2v) is 7.96. The van der Waals surface area contributed by atoms with Crippen LogP contribution in [0.4, 0.5) is 5.82 Å². The van der Waals surface area contributed by atoms with Gasteiger partial charge in [-0.05, 0) is 42.7 Å². The van der Waals surface area contributed by atoms with Crippen molar-refractivity contribution in [2.45, 2.75) is 32.5 Å². The molecule has 1 atom stereocenters. The number of hydrogen-bond acceptors (Lipinski definition) is 4. The zero-order valence-corrected chi connectivity index (χ0v) is 18.5. The number of aromatic nitrogens is 3. The van der Waals surface area contributed by atoms with Crippen LogP contribution in [0.1, 0.15) is 24.5 Å². The standard InChI is InChI=1S/C23H28ClN7/c1-2-25-23(29-20-10-14-30(17-20)22-21(24)9-5-11-26-22)27-15-18-7-3-4-8-19(18)16-31-13-6-12-28-31/h3-9,11-13,20H,2,10,14-17H2,1H3,(H2,25,27,29). The molecule has 1 aliphatic rings. The Kier molecular flexibility index (Phi) is 7.04. The molecule has 2 aromatic heterocycles. The zero-order chi connectivity index (χ0) is 21.5. The average Bonchev–Trinajstić information content (AvgIpc) is 3.46. The van der Waals surface area contributed by atoms with Crippen molar-refractivity contribution in [3.8, 4) is 0 Å². The van der Waals surface area contributed by atoms with Crippen molar-refractivity contribution in [3.05, 3.63) is 77.2 Å². The molecule has 7 nitrogen and oxygen atoms in total. The Bertz CT molecular complexity index is 1000. The van der Waals surface area contributed by atoms with Crippen LogP contribution in [-0.2, 0) is 13.1 Å². The van der Waals surface area contributed by atoms with Crippen LogP contribution in [0.3, 0.4) is 0 Å². The van der Waals surface area contributed by atoms with Crippen molar-refractivity contribution in [3.63, 3.8) is 0 Å². The fraction of sp³-hybridized carbons (Fsp3) is 0.348. The number of nitrogens with zero attached hydrogens (tertiary/aromatic N) is 5. The number of anilines is 1. The van der Waals surface area contributed by atoms with Crippen LogP contribution in [0, 0.1) is 0 Å². The molecule has 1 aliphatic heterocycles. The summed E-state index contributed by atoms with van der Waals surface area (Å²) < 4.78 is 1.93. The minimum atomic E-state index is 0.287. The third kappa shape index (κ3) is 5.55. The van der Waals surface area contributed by atoms with Gasteiger partial charge in [0.2, 0.25) is 0 Å². The lowest BCUT2D eigenvalue weighted by Crippen LogP contribution is -2.44. The van der Waals surface area contributed by atoms with Gasteiger partial charge in [-0.15, -0.1) is 0 Å². The Morgan fingerprint density at radius 2 is 2.03 bits per heavy atom. The van der Waals surface area contributed by atoms with Crippen molar-refractivity contribution in [1.82, 2.24) is 25.4 Å². The monoisotopic (exact) mass is 437 g/mol. The van der Waals surface area contributed by atoms with Crippen molar-refractivity contribution >= 4 is 23.4 Å². The lowest BCUT2D eigenvalue weighted by atomic mass is 10.1.